The highest BCUT2D eigenvalue weighted by Gasteiger charge is 2.67. The molecule has 0 spiro atoms. The zero-order valence-electron chi connectivity index (χ0n) is 18.0. The van der Waals surface area contributed by atoms with Crippen molar-refractivity contribution in [2.24, 2.45) is 11.8 Å². The van der Waals surface area contributed by atoms with Crippen LogP contribution in [0.4, 0.5) is 5.69 Å². The summed E-state index contributed by atoms with van der Waals surface area (Å²) in [6.07, 6.45) is 0.731. The number of nitrogens with zero attached hydrogens (tertiary/aromatic N) is 1. The molecule has 1 aliphatic heterocycles. The second-order valence-electron chi connectivity index (χ2n) is 9.10. The zero-order chi connectivity index (χ0) is 22.2. The fourth-order valence-corrected chi connectivity index (χ4v) is 6.65. The quantitative estimate of drug-likeness (QED) is 0.449. The second kappa shape index (κ2) is 6.49. The van der Waals surface area contributed by atoms with Gasteiger partial charge in [0.1, 0.15) is 0 Å². The van der Waals surface area contributed by atoms with Crippen molar-refractivity contribution in [1.29, 1.82) is 0 Å². The molecule has 3 aromatic carbocycles. The molecule has 0 unspecified atom stereocenters. The van der Waals surface area contributed by atoms with Gasteiger partial charge in [-0.15, -0.1) is 0 Å². The van der Waals surface area contributed by atoms with Crippen LogP contribution in [0.5, 0.6) is 0 Å². The first-order valence-corrected chi connectivity index (χ1v) is 11.2. The number of hydrogen-bond acceptors (Lipinski definition) is 3. The maximum absolute atomic E-state index is 14.0. The molecule has 4 aliphatic rings. The fraction of sp³-hybridized carbons (Fsp3) is 0.250. The van der Waals surface area contributed by atoms with Gasteiger partial charge in [0, 0.05) is 16.9 Å². The fourth-order valence-electron chi connectivity index (χ4n) is 6.65. The van der Waals surface area contributed by atoms with E-state index in [2.05, 4.69) is 31.2 Å². The predicted molar refractivity (Wildman–Crippen MR) is 122 cm³/mol. The van der Waals surface area contributed by atoms with Crippen LogP contribution in [0.2, 0.25) is 0 Å². The van der Waals surface area contributed by atoms with Crippen LogP contribution in [-0.2, 0) is 15.0 Å². The number of rotatable bonds is 3. The number of carbonyl (C=O) groups excluding carboxylic acids is 3. The number of benzene rings is 3. The van der Waals surface area contributed by atoms with Crippen LogP contribution in [0.3, 0.4) is 0 Å². The zero-order valence-corrected chi connectivity index (χ0v) is 18.0. The Morgan fingerprint density at radius 1 is 0.875 bits per heavy atom. The van der Waals surface area contributed by atoms with Crippen LogP contribution in [0.15, 0.2) is 72.8 Å². The third kappa shape index (κ3) is 2.15. The van der Waals surface area contributed by atoms with Gasteiger partial charge in [0.2, 0.25) is 11.8 Å². The van der Waals surface area contributed by atoms with E-state index < -0.39 is 17.3 Å². The SMILES string of the molecule is CCC12c3ccccc3C(c3ccccc31)[C@H]1C(=O)N(c3cccc(C(C)=O)c3)C(=O)[C@@H]12. The van der Waals surface area contributed by atoms with Crippen molar-refractivity contribution >= 4 is 23.3 Å². The van der Waals surface area contributed by atoms with E-state index in [9.17, 15) is 14.4 Å². The molecule has 1 heterocycles. The van der Waals surface area contributed by atoms with Crippen molar-refractivity contribution < 1.29 is 14.4 Å². The lowest BCUT2D eigenvalue weighted by Crippen LogP contribution is -2.53. The van der Waals surface area contributed by atoms with Gasteiger partial charge in [-0.05, 0) is 47.7 Å². The number of ketones is 1. The maximum Gasteiger partial charge on any atom is 0.238 e. The van der Waals surface area contributed by atoms with Gasteiger partial charge in [-0.3, -0.25) is 14.4 Å². The minimum absolute atomic E-state index is 0.0896. The highest BCUT2D eigenvalue weighted by Crippen LogP contribution is 2.65. The van der Waals surface area contributed by atoms with Gasteiger partial charge < -0.3 is 0 Å². The third-order valence-corrected chi connectivity index (χ3v) is 7.86. The summed E-state index contributed by atoms with van der Waals surface area (Å²) in [6.45, 7) is 3.61. The minimum atomic E-state index is -0.535. The number of anilines is 1. The molecule has 7 rings (SSSR count). The van der Waals surface area contributed by atoms with Crippen LogP contribution in [0, 0.1) is 11.8 Å². The third-order valence-electron chi connectivity index (χ3n) is 7.86. The first-order valence-electron chi connectivity index (χ1n) is 11.2. The molecule has 3 aromatic rings. The summed E-state index contributed by atoms with van der Waals surface area (Å²) in [6, 6.07) is 23.5. The summed E-state index contributed by atoms with van der Waals surface area (Å²) < 4.78 is 0. The summed E-state index contributed by atoms with van der Waals surface area (Å²) in [5, 5.41) is 0. The standard InChI is InChI=1S/C28H23NO3/c1-3-28-21-13-6-4-11-19(21)23(20-12-5-7-14-22(20)28)24-25(28)27(32)29(26(24)31)18-10-8-9-17(15-18)16(2)30/h4-15,23-25H,3H2,1-2H3/t23?,24-,25-,28?/m1/s1. The monoisotopic (exact) mass is 421 g/mol. The molecule has 0 aromatic heterocycles. The van der Waals surface area contributed by atoms with Crippen molar-refractivity contribution in [2.45, 2.75) is 31.6 Å². The normalized spacial score (nSPS) is 27.2. The average molecular weight is 421 g/mol. The van der Waals surface area contributed by atoms with E-state index >= 15 is 0 Å². The molecule has 32 heavy (non-hydrogen) atoms. The van der Waals surface area contributed by atoms with Gasteiger partial charge in [-0.1, -0.05) is 67.6 Å². The van der Waals surface area contributed by atoms with Gasteiger partial charge in [-0.2, -0.15) is 0 Å². The van der Waals surface area contributed by atoms with Crippen molar-refractivity contribution in [1.82, 2.24) is 0 Å². The van der Waals surface area contributed by atoms with Crippen molar-refractivity contribution in [3.05, 3.63) is 101 Å². The Kier molecular flexibility index (Phi) is 3.89. The molecule has 0 N–H and O–H groups in total. The molecule has 158 valence electrons. The number of imide groups is 1. The lowest BCUT2D eigenvalue weighted by molar-refractivity contribution is -0.123. The number of amides is 2. The van der Waals surface area contributed by atoms with Gasteiger partial charge in [-0.25, -0.2) is 4.90 Å². The number of carbonyl (C=O) groups is 3. The van der Waals surface area contributed by atoms with Crippen LogP contribution >= 0.6 is 0 Å². The molecule has 1 fully saturated rings. The predicted octanol–water partition coefficient (Wildman–Crippen LogP) is 4.85. The molecule has 2 amide bonds. The Bertz CT molecular complexity index is 1280. The lowest BCUT2D eigenvalue weighted by Gasteiger charge is -2.54. The molecule has 2 bridgehead atoms. The molecule has 1 saturated heterocycles. The summed E-state index contributed by atoms with van der Waals surface area (Å²) in [4.78, 5) is 41.2. The van der Waals surface area contributed by atoms with Gasteiger partial charge in [0.05, 0.1) is 17.5 Å². The van der Waals surface area contributed by atoms with E-state index in [-0.39, 0.29) is 23.5 Å². The highest BCUT2D eigenvalue weighted by molar-refractivity contribution is 6.24. The van der Waals surface area contributed by atoms with E-state index in [1.54, 1.807) is 24.3 Å². The van der Waals surface area contributed by atoms with Crippen LogP contribution < -0.4 is 4.90 Å². The number of Topliss-reactive ketones (excluding diaryl/α,β-unsaturated/α-hetero) is 1. The van der Waals surface area contributed by atoms with E-state index in [0.29, 0.717) is 11.3 Å². The van der Waals surface area contributed by atoms with Crippen molar-refractivity contribution in [3.63, 3.8) is 0 Å². The summed E-state index contributed by atoms with van der Waals surface area (Å²) in [5.41, 5.74) is 5.12. The second-order valence-corrected chi connectivity index (χ2v) is 9.10. The van der Waals surface area contributed by atoms with Crippen LogP contribution in [0.25, 0.3) is 0 Å². The molecule has 3 aliphatic carbocycles. The van der Waals surface area contributed by atoms with Gasteiger partial charge in [0.25, 0.3) is 0 Å². The highest BCUT2D eigenvalue weighted by atomic mass is 16.2. The maximum atomic E-state index is 14.0. The molecule has 0 radical (unpaired) electrons. The number of hydrogen-bond donors (Lipinski definition) is 0. The molecular weight excluding hydrogens is 398 g/mol. The van der Waals surface area contributed by atoms with Gasteiger partial charge >= 0.3 is 0 Å². The van der Waals surface area contributed by atoms with Gasteiger partial charge in [0.15, 0.2) is 5.78 Å². The van der Waals surface area contributed by atoms with Crippen LogP contribution in [-0.4, -0.2) is 17.6 Å². The molecule has 2 atom stereocenters. The Balaban J connectivity index is 1.61. The van der Waals surface area contributed by atoms with E-state index in [1.807, 2.05) is 24.3 Å². The molecule has 4 nitrogen and oxygen atoms in total. The Hall–Kier alpha value is -3.53. The van der Waals surface area contributed by atoms with E-state index in [0.717, 1.165) is 17.5 Å². The first kappa shape index (κ1) is 19.2. The average Bonchev–Trinajstić information content (AvgIpc) is 3.10. The molecule has 0 saturated carbocycles. The summed E-state index contributed by atoms with van der Waals surface area (Å²) >= 11 is 0. The Labute approximate surface area is 186 Å². The summed E-state index contributed by atoms with van der Waals surface area (Å²) in [5.74, 6) is -1.43. The smallest absolute Gasteiger partial charge is 0.238 e. The largest absolute Gasteiger partial charge is 0.295 e. The summed E-state index contributed by atoms with van der Waals surface area (Å²) in [7, 11) is 0. The topological polar surface area (TPSA) is 54.5 Å². The first-order chi connectivity index (χ1) is 15.5. The minimum Gasteiger partial charge on any atom is -0.295 e. The lowest BCUT2D eigenvalue weighted by atomic mass is 9.46. The van der Waals surface area contributed by atoms with Crippen LogP contribution in [0.1, 0.15) is 58.8 Å². The van der Waals surface area contributed by atoms with Crippen molar-refractivity contribution in [2.75, 3.05) is 4.90 Å². The Morgan fingerprint density at radius 3 is 2.09 bits per heavy atom. The van der Waals surface area contributed by atoms with E-state index in [1.165, 1.54) is 23.0 Å². The van der Waals surface area contributed by atoms with Crippen molar-refractivity contribution in [3.8, 4) is 0 Å². The van der Waals surface area contributed by atoms with E-state index in [4.69, 9.17) is 0 Å². The molecular formula is C28H23NO3. The molecule has 4 heteroatoms. The Morgan fingerprint density at radius 2 is 1.50 bits per heavy atom.